The molecule has 0 atom stereocenters. The molecule has 0 fully saturated rings. The molecule has 3 heteroatoms. The molecule has 266 valence electrons. The number of hydrogen-bond acceptors (Lipinski definition) is 3. The molecule has 11 rings (SSSR count). The number of hydrogen-bond donors (Lipinski definition) is 0. The summed E-state index contributed by atoms with van der Waals surface area (Å²) < 4.78 is 6.69. The number of anilines is 6. The van der Waals surface area contributed by atoms with Crippen LogP contribution in [0.5, 0.6) is 0 Å². The first-order chi connectivity index (χ1) is 27.5. The average molecular weight is 719 g/mol. The monoisotopic (exact) mass is 718 g/mol. The van der Waals surface area contributed by atoms with Gasteiger partial charge in [0, 0.05) is 49.8 Å². The molecule has 0 radical (unpaired) electrons. The van der Waals surface area contributed by atoms with E-state index in [4.69, 9.17) is 4.42 Å². The Morgan fingerprint density at radius 1 is 0.429 bits per heavy atom. The van der Waals surface area contributed by atoms with Crippen molar-refractivity contribution in [2.45, 2.75) is 19.3 Å². The zero-order chi connectivity index (χ0) is 37.4. The molecule has 0 saturated carbocycles. The molecular formula is C53H38N2O. The molecule has 0 N–H and O–H groups in total. The van der Waals surface area contributed by atoms with Gasteiger partial charge in [-0.05, 0) is 81.9 Å². The van der Waals surface area contributed by atoms with Gasteiger partial charge in [-0.15, -0.1) is 0 Å². The van der Waals surface area contributed by atoms with Gasteiger partial charge in [0.2, 0.25) is 0 Å². The van der Waals surface area contributed by atoms with Crippen LogP contribution < -0.4 is 9.80 Å². The van der Waals surface area contributed by atoms with E-state index in [2.05, 4.69) is 212 Å². The lowest BCUT2D eigenvalue weighted by atomic mass is 9.73. The Kier molecular flexibility index (Phi) is 7.20. The molecule has 1 aromatic heterocycles. The summed E-state index contributed by atoms with van der Waals surface area (Å²) in [6.07, 6.45) is 0. The Labute approximate surface area is 326 Å². The summed E-state index contributed by atoms with van der Waals surface area (Å²) in [6.45, 7) is 4.74. The molecule has 3 nitrogen and oxygen atoms in total. The van der Waals surface area contributed by atoms with E-state index < -0.39 is 0 Å². The minimum Gasteiger partial charge on any atom is -0.455 e. The third-order valence-corrected chi connectivity index (χ3v) is 11.8. The van der Waals surface area contributed by atoms with Crippen LogP contribution in [0.1, 0.15) is 25.0 Å². The number of para-hydroxylation sites is 4. The molecule has 0 amide bonds. The van der Waals surface area contributed by atoms with Gasteiger partial charge >= 0.3 is 0 Å². The Balaban J connectivity index is 1.18. The smallest absolute Gasteiger partial charge is 0.143 e. The van der Waals surface area contributed by atoms with Gasteiger partial charge in [0.25, 0.3) is 0 Å². The second kappa shape index (κ2) is 12.5. The van der Waals surface area contributed by atoms with Crippen molar-refractivity contribution >= 4 is 77.6 Å². The van der Waals surface area contributed by atoms with Crippen LogP contribution in [0.3, 0.4) is 0 Å². The highest BCUT2D eigenvalue weighted by atomic mass is 16.3. The van der Waals surface area contributed by atoms with Gasteiger partial charge in [-0.2, -0.15) is 0 Å². The second-order valence-corrected chi connectivity index (χ2v) is 15.3. The van der Waals surface area contributed by atoms with Crippen molar-refractivity contribution in [2.75, 3.05) is 9.80 Å². The SMILES string of the molecule is CC1(C)c2ccccc2N(c2c(-c3cccc4c3oc3ccccc34)ccc3ccccc23)c2ccc(N(c3ccccc3)c3ccc4ccccc4c3)cc21. The molecule has 10 aromatic rings. The van der Waals surface area contributed by atoms with E-state index >= 15 is 0 Å². The molecule has 2 heterocycles. The molecular weight excluding hydrogens is 681 g/mol. The van der Waals surface area contributed by atoms with Crippen LogP contribution in [0.25, 0.3) is 54.6 Å². The largest absolute Gasteiger partial charge is 0.455 e. The Hall–Kier alpha value is -7.10. The van der Waals surface area contributed by atoms with Crippen LogP contribution in [0.2, 0.25) is 0 Å². The Morgan fingerprint density at radius 2 is 1.07 bits per heavy atom. The summed E-state index contributed by atoms with van der Waals surface area (Å²) in [5.74, 6) is 0. The lowest BCUT2D eigenvalue weighted by Gasteiger charge is -2.43. The topological polar surface area (TPSA) is 19.6 Å². The number of rotatable bonds is 5. The van der Waals surface area contributed by atoms with Crippen molar-refractivity contribution in [3.63, 3.8) is 0 Å². The predicted octanol–water partition coefficient (Wildman–Crippen LogP) is 15.1. The molecule has 9 aromatic carbocycles. The molecule has 0 unspecified atom stereocenters. The standard InChI is InChI=1S/C53H38N2O/c1-53(2)46-24-11-12-25-48(46)55(49-32-30-40(34-47(49)53)54(38-18-4-3-5-19-38)39-29-27-35-15-6-7-17-37(35)33-39)51-41-20-9-8-16-36(41)28-31-43(51)45-23-14-22-44-42-21-10-13-26-50(42)56-52(44)45/h3-34H,1-2H3. The molecule has 56 heavy (non-hydrogen) atoms. The highest BCUT2D eigenvalue weighted by Crippen LogP contribution is 2.56. The summed E-state index contributed by atoms with van der Waals surface area (Å²) in [5, 5.41) is 7.07. The number of fused-ring (bicyclic) bond motifs is 7. The highest BCUT2D eigenvalue weighted by Gasteiger charge is 2.39. The van der Waals surface area contributed by atoms with Gasteiger partial charge < -0.3 is 14.2 Å². The zero-order valence-electron chi connectivity index (χ0n) is 31.3. The second-order valence-electron chi connectivity index (χ2n) is 15.3. The summed E-state index contributed by atoms with van der Waals surface area (Å²) >= 11 is 0. The van der Waals surface area contributed by atoms with E-state index in [-0.39, 0.29) is 5.41 Å². The van der Waals surface area contributed by atoms with Crippen molar-refractivity contribution in [2.24, 2.45) is 0 Å². The fourth-order valence-corrected chi connectivity index (χ4v) is 9.08. The first-order valence-corrected chi connectivity index (χ1v) is 19.4. The maximum atomic E-state index is 6.69. The maximum Gasteiger partial charge on any atom is 0.143 e. The van der Waals surface area contributed by atoms with Crippen LogP contribution in [0, 0.1) is 0 Å². The van der Waals surface area contributed by atoms with Gasteiger partial charge in [-0.25, -0.2) is 0 Å². The summed E-state index contributed by atoms with van der Waals surface area (Å²) in [5.41, 5.74) is 13.1. The van der Waals surface area contributed by atoms with E-state index in [0.29, 0.717) is 0 Å². The third-order valence-electron chi connectivity index (χ3n) is 11.8. The van der Waals surface area contributed by atoms with Gasteiger partial charge in [-0.1, -0.05) is 153 Å². The first-order valence-electron chi connectivity index (χ1n) is 19.4. The van der Waals surface area contributed by atoms with Crippen molar-refractivity contribution in [1.82, 2.24) is 0 Å². The highest BCUT2D eigenvalue weighted by molar-refractivity contribution is 6.14. The van der Waals surface area contributed by atoms with Gasteiger partial charge in [0.1, 0.15) is 11.2 Å². The van der Waals surface area contributed by atoms with Crippen molar-refractivity contribution in [3.05, 3.63) is 205 Å². The van der Waals surface area contributed by atoms with Crippen LogP contribution in [-0.2, 0) is 5.41 Å². The average Bonchev–Trinajstić information content (AvgIpc) is 3.64. The maximum absolute atomic E-state index is 6.69. The minimum absolute atomic E-state index is 0.298. The fourth-order valence-electron chi connectivity index (χ4n) is 9.08. The number of nitrogens with zero attached hydrogens (tertiary/aromatic N) is 2. The fraction of sp³-hybridized carbons (Fsp3) is 0.0566. The van der Waals surface area contributed by atoms with Crippen molar-refractivity contribution in [3.8, 4) is 11.1 Å². The van der Waals surface area contributed by atoms with Gasteiger partial charge in [0.05, 0.1) is 17.1 Å². The van der Waals surface area contributed by atoms with Crippen molar-refractivity contribution in [1.29, 1.82) is 0 Å². The van der Waals surface area contributed by atoms with E-state index in [9.17, 15) is 0 Å². The van der Waals surface area contributed by atoms with Crippen LogP contribution >= 0.6 is 0 Å². The van der Waals surface area contributed by atoms with E-state index in [1.807, 2.05) is 6.07 Å². The normalized spacial score (nSPS) is 13.3. The molecule has 0 spiro atoms. The summed E-state index contributed by atoms with van der Waals surface area (Å²) in [7, 11) is 0. The quantitative estimate of drug-likeness (QED) is 0.177. The lowest BCUT2D eigenvalue weighted by molar-refractivity contribution is 0.632. The minimum atomic E-state index is -0.298. The van der Waals surface area contributed by atoms with Gasteiger partial charge in [0.15, 0.2) is 0 Å². The summed E-state index contributed by atoms with van der Waals surface area (Å²) in [4.78, 5) is 4.90. The van der Waals surface area contributed by atoms with Crippen molar-refractivity contribution < 1.29 is 4.42 Å². The first kappa shape index (κ1) is 32.3. The molecule has 1 aliphatic rings. The molecule has 1 aliphatic heterocycles. The zero-order valence-corrected chi connectivity index (χ0v) is 31.3. The Bertz CT molecular complexity index is 3140. The van der Waals surface area contributed by atoms with E-state index in [1.165, 1.54) is 44.0 Å². The number of benzene rings is 9. The number of furan rings is 1. The summed E-state index contributed by atoms with van der Waals surface area (Å²) in [6, 6.07) is 70.3. The Morgan fingerprint density at radius 3 is 1.95 bits per heavy atom. The lowest BCUT2D eigenvalue weighted by Crippen LogP contribution is -2.31. The predicted molar refractivity (Wildman–Crippen MR) is 236 cm³/mol. The van der Waals surface area contributed by atoms with Crippen LogP contribution in [0.4, 0.5) is 34.1 Å². The molecule has 0 saturated heterocycles. The van der Waals surface area contributed by atoms with E-state index in [0.717, 1.165) is 55.8 Å². The van der Waals surface area contributed by atoms with Crippen LogP contribution in [-0.4, -0.2) is 0 Å². The third kappa shape index (κ3) is 4.91. The molecule has 0 aliphatic carbocycles. The van der Waals surface area contributed by atoms with Crippen LogP contribution in [0.15, 0.2) is 199 Å². The molecule has 0 bridgehead atoms. The van der Waals surface area contributed by atoms with Gasteiger partial charge in [-0.3, -0.25) is 0 Å². The van der Waals surface area contributed by atoms with E-state index in [1.54, 1.807) is 0 Å².